The number of hydrogen-bond acceptors (Lipinski definition) is 7. The van der Waals surface area contributed by atoms with E-state index in [2.05, 4.69) is 20.0 Å². The zero-order valence-corrected chi connectivity index (χ0v) is 21.9. The van der Waals surface area contributed by atoms with Crippen molar-refractivity contribution in [3.63, 3.8) is 0 Å². The topological polar surface area (TPSA) is 158 Å². The molecule has 38 heavy (non-hydrogen) atoms. The predicted molar refractivity (Wildman–Crippen MR) is 146 cm³/mol. The van der Waals surface area contributed by atoms with Crippen molar-refractivity contribution in [2.45, 2.75) is 4.90 Å². The summed E-state index contributed by atoms with van der Waals surface area (Å²) < 4.78 is 29.1. The summed E-state index contributed by atoms with van der Waals surface area (Å²) in [5.74, 6) is -1.91. The summed E-state index contributed by atoms with van der Waals surface area (Å²) >= 11 is 13.1. The molecule has 0 saturated heterocycles. The van der Waals surface area contributed by atoms with Crippen LogP contribution < -0.4 is 15.5 Å². The number of benzene rings is 3. The number of fused-ring (bicyclic) bond motifs is 2. The first kappa shape index (κ1) is 25.7. The van der Waals surface area contributed by atoms with Crippen LogP contribution in [-0.2, 0) is 10.0 Å². The number of rotatable bonds is 6. The minimum absolute atomic E-state index is 0.0770. The number of amides is 1. The van der Waals surface area contributed by atoms with Gasteiger partial charge in [0, 0.05) is 22.1 Å². The van der Waals surface area contributed by atoms with Crippen LogP contribution in [0.15, 0.2) is 70.5 Å². The van der Waals surface area contributed by atoms with E-state index in [1.165, 1.54) is 36.4 Å². The van der Waals surface area contributed by atoms with E-state index in [0.717, 1.165) is 23.6 Å². The first-order valence-electron chi connectivity index (χ1n) is 10.6. The van der Waals surface area contributed by atoms with Gasteiger partial charge in [0.25, 0.3) is 15.9 Å². The number of pyridine rings is 1. The standard InChI is InChI=1S/C24H14Cl2N4O6S2/c25-11-1-4-14(17(26)7-11)22(32)29-24-28-19-5-2-12(8-20(19)37-24)30-38(35,36)13-3-6-18-15(9-13)21(31)16(10-27-18)23(33)34/h1-10,30H,(H,27,31)(H,33,34)(H,28,29,32). The molecule has 0 atom stereocenters. The van der Waals surface area contributed by atoms with Crippen LogP contribution in [0.3, 0.4) is 0 Å². The number of hydrogen-bond donors (Lipinski definition) is 4. The zero-order chi connectivity index (χ0) is 27.2. The number of carbonyl (C=O) groups is 2. The molecule has 0 aliphatic heterocycles. The summed E-state index contributed by atoms with van der Waals surface area (Å²) in [4.78, 5) is 43.1. The molecule has 0 spiro atoms. The molecule has 2 heterocycles. The van der Waals surface area contributed by atoms with E-state index in [1.54, 1.807) is 12.1 Å². The number of thiazole rings is 1. The Labute approximate surface area is 227 Å². The minimum Gasteiger partial charge on any atom is -0.477 e. The van der Waals surface area contributed by atoms with Crippen LogP contribution in [0.25, 0.3) is 21.1 Å². The molecule has 0 unspecified atom stereocenters. The van der Waals surface area contributed by atoms with E-state index in [9.17, 15) is 27.9 Å². The summed E-state index contributed by atoms with van der Waals surface area (Å²) in [7, 11) is -4.14. The Balaban J connectivity index is 1.41. The fraction of sp³-hybridized carbons (Fsp3) is 0. The second-order valence-electron chi connectivity index (χ2n) is 7.93. The maximum atomic E-state index is 13.0. The molecule has 2 aromatic heterocycles. The summed E-state index contributed by atoms with van der Waals surface area (Å²) in [6.07, 6.45) is 1.06. The van der Waals surface area contributed by atoms with Crippen molar-refractivity contribution in [2.75, 3.05) is 10.0 Å². The van der Waals surface area contributed by atoms with Gasteiger partial charge in [0.15, 0.2) is 5.13 Å². The smallest absolute Gasteiger partial charge is 0.341 e. The van der Waals surface area contributed by atoms with E-state index in [4.69, 9.17) is 23.2 Å². The number of carbonyl (C=O) groups excluding carboxylic acids is 1. The molecule has 3 aromatic carbocycles. The van der Waals surface area contributed by atoms with E-state index >= 15 is 0 Å². The molecule has 5 aromatic rings. The Bertz CT molecular complexity index is 1950. The Morgan fingerprint density at radius 2 is 1.79 bits per heavy atom. The number of aromatic carboxylic acids is 1. The number of carboxylic acid groups (broad SMARTS) is 1. The van der Waals surface area contributed by atoms with Crippen molar-refractivity contribution in [3.8, 4) is 0 Å². The molecule has 1 amide bonds. The fourth-order valence-corrected chi connectivity index (χ4v) is 6.09. The molecule has 0 aliphatic carbocycles. The lowest BCUT2D eigenvalue weighted by Gasteiger charge is -2.09. The van der Waals surface area contributed by atoms with Crippen LogP contribution in [0, 0.1) is 0 Å². The maximum Gasteiger partial charge on any atom is 0.341 e. The highest BCUT2D eigenvalue weighted by Crippen LogP contribution is 2.30. The average Bonchev–Trinajstić information content (AvgIpc) is 3.25. The van der Waals surface area contributed by atoms with Crippen LogP contribution in [0.4, 0.5) is 10.8 Å². The van der Waals surface area contributed by atoms with E-state index in [1.807, 2.05) is 0 Å². The number of anilines is 2. The van der Waals surface area contributed by atoms with Gasteiger partial charge >= 0.3 is 5.97 Å². The number of carboxylic acids is 1. The average molecular weight is 589 g/mol. The highest BCUT2D eigenvalue weighted by atomic mass is 35.5. The lowest BCUT2D eigenvalue weighted by Crippen LogP contribution is -2.17. The highest BCUT2D eigenvalue weighted by molar-refractivity contribution is 7.92. The lowest BCUT2D eigenvalue weighted by molar-refractivity contribution is 0.0695. The minimum atomic E-state index is -4.14. The number of H-pyrrole nitrogens is 1. The normalized spacial score (nSPS) is 11.5. The SMILES string of the molecule is O=C(Nc1nc2ccc(NS(=O)(=O)c3ccc4[nH]cc(C(=O)O)c(=O)c4c3)cc2s1)c1ccc(Cl)cc1Cl. The third-order valence-electron chi connectivity index (χ3n) is 5.43. The van der Waals surface area contributed by atoms with Crippen LogP contribution in [0.2, 0.25) is 10.0 Å². The Morgan fingerprint density at radius 1 is 1.00 bits per heavy atom. The molecular weight excluding hydrogens is 575 g/mol. The molecule has 0 fully saturated rings. The number of aromatic amines is 1. The van der Waals surface area contributed by atoms with Crippen molar-refractivity contribution >= 4 is 88.4 Å². The van der Waals surface area contributed by atoms with Crippen molar-refractivity contribution in [2.24, 2.45) is 0 Å². The number of nitrogens with zero attached hydrogens (tertiary/aromatic N) is 1. The van der Waals surface area contributed by atoms with Crippen LogP contribution in [-0.4, -0.2) is 35.4 Å². The largest absolute Gasteiger partial charge is 0.477 e. The third kappa shape index (κ3) is 4.94. The van der Waals surface area contributed by atoms with Crippen LogP contribution >= 0.6 is 34.5 Å². The van der Waals surface area contributed by atoms with Gasteiger partial charge in [0.2, 0.25) is 5.43 Å². The number of aromatic nitrogens is 2. The zero-order valence-electron chi connectivity index (χ0n) is 18.8. The second kappa shape index (κ2) is 9.72. The Hall–Kier alpha value is -3.97. The van der Waals surface area contributed by atoms with Gasteiger partial charge in [0.1, 0.15) is 5.56 Å². The molecule has 0 radical (unpaired) electrons. The number of nitrogens with one attached hydrogen (secondary N) is 3. The third-order valence-corrected chi connectivity index (χ3v) is 8.29. The van der Waals surface area contributed by atoms with Gasteiger partial charge in [-0.3, -0.25) is 19.6 Å². The Kier molecular flexibility index (Phi) is 6.57. The molecular formula is C24H14Cl2N4O6S2. The second-order valence-corrected chi connectivity index (χ2v) is 11.5. The molecule has 10 nitrogen and oxygen atoms in total. The van der Waals surface area contributed by atoms with E-state index in [0.29, 0.717) is 20.8 Å². The molecule has 14 heteroatoms. The molecule has 0 aliphatic rings. The van der Waals surface area contributed by atoms with Gasteiger partial charge in [0.05, 0.1) is 31.4 Å². The van der Waals surface area contributed by atoms with Crippen LogP contribution in [0.1, 0.15) is 20.7 Å². The molecule has 4 N–H and O–H groups in total. The first-order chi connectivity index (χ1) is 18.0. The fourth-order valence-electron chi connectivity index (χ4n) is 3.62. The Morgan fingerprint density at radius 3 is 2.53 bits per heavy atom. The summed E-state index contributed by atoms with van der Waals surface area (Å²) in [5, 5.41) is 12.6. The maximum absolute atomic E-state index is 13.0. The lowest BCUT2D eigenvalue weighted by atomic mass is 10.1. The van der Waals surface area contributed by atoms with E-state index < -0.39 is 32.9 Å². The van der Waals surface area contributed by atoms with Gasteiger partial charge in [-0.05, 0) is 54.6 Å². The van der Waals surface area contributed by atoms with Crippen LogP contribution in [0.5, 0.6) is 0 Å². The summed E-state index contributed by atoms with van der Waals surface area (Å²) in [6, 6.07) is 12.9. The molecule has 0 bridgehead atoms. The molecule has 192 valence electrons. The monoisotopic (exact) mass is 588 g/mol. The number of halogens is 2. The van der Waals surface area contributed by atoms with Gasteiger partial charge in [-0.25, -0.2) is 18.2 Å². The van der Waals surface area contributed by atoms with E-state index in [-0.39, 0.29) is 31.7 Å². The quantitative estimate of drug-likeness (QED) is 0.212. The van der Waals surface area contributed by atoms with Crippen molar-refractivity contribution in [3.05, 3.63) is 92.2 Å². The molecule has 5 rings (SSSR count). The first-order valence-corrected chi connectivity index (χ1v) is 13.7. The highest BCUT2D eigenvalue weighted by Gasteiger charge is 2.19. The summed E-state index contributed by atoms with van der Waals surface area (Å²) in [6.45, 7) is 0. The van der Waals surface area contributed by atoms with Gasteiger partial charge in [-0.15, -0.1) is 0 Å². The number of sulfonamides is 1. The molecule has 0 saturated carbocycles. The van der Waals surface area contributed by atoms with Gasteiger partial charge in [-0.1, -0.05) is 34.5 Å². The van der Waals surface area contributed by atoms with Crippen molar-refractivity contribution in [1.29, 1.82) is 0 Å². The van der Waals surface area contributed by atoms with Crippen molar-refractivity contribution < 1.29 is 23.1 Å². The van der Waals surface area contributed by atoms with Gasteiger partial charge in [-0.2, -0.15) is 0 Å². The summed E-state index contributed by atoms with van der Waals surface area (Å²) in [5.41, 5.74) is -0.0596. The van der Waals surface area contributed by atoms with Crippen molar-refractivity contribution in [1.82, 2.24) is 9.97 Å². The predicted octanol–water partition coefficient (Wildman–Crippen LogP) is 5.20. The van der Waals surface area contributed by atoms with Gasteiger partial charge < -0.3 is 10.1 Å².